The largest absolute Gasteiger partial charge is 0.326 e. The van der Waals surface area contributed by atoms with E-state index in [9.17, 15) is 9.59 Å². The highest BCUT2D eigenvalue weighted by Crippen LogP contribution is 2.25. The Morgan fingerprint density at radius 3 is 3.00 bits per heavy atom. The van der Waals surface area contributed by atoms with E-state index >= 15 is 0 Å². The van der Waals surface area contributed by atoms with E-state index in [0.717, 1.165) is 23.4 Å². The van der Waals surface area contributed by atoms with E-state index < -0.39 is 0 Å². The summed E-state index contributed by atoms with van der Waals surface area (Å²) < 4.78 is 0. The van der Waals surface area contributed by atoms with Crippen molar-refractivity contribution in [1.82, 2.24) is 10.2 Å². The van der Waals surface area contributed by atoms with E-state index in [1.165, 1.54) is 0 Å². The predicted octanol–water partition coefficient (Wildman–Crippen LogP) is 1.48. The quantitative estimate of drug-likeness (QED) is 0.789. The van der Waals surface area contributed by atoms with Gasteiger partial charge in [0.15, 0.2) is 0 Å². The standard InChI is InChI=1S/C14H14N4O2/c19-13-4-2-9-1-3-10(7-12(9)17-13)16-14(20)8-11-5-6-15-18-11/h1,3,5-7H,2,4,8H2,(H,15,18)(H,16,20)(H,17,19). The Morgan fingerprint density at radius 1 is 1.30 bits per heavy atom. The normalized spacial score (nSPS) is 13.5. The summed E-state index contributed by atoms with van der Waals surface area (Å²) in [6.07, 6.45) is 3.10. The van der Waals surface area contributed by atoms with Gasteiger partial charge >= 0.3 is 0 Å². The first-order chi connectivity index (χ1) is 9.70. The van der Waals surface area contributed by atoms with Crippen molar-refractivity contribution >= 4 is 23.2 Å². The van der Waals surface area contributed by atoms with Gasteiger partial charge in [-0.1, -0.05) is 6.07 Å². The van der Waals surface area contributed by atoms with Crippen molar-refractivity contribution in [3.63, 3.8) is 0 Å². The van der Waals surface area contributed by atoms with Gasteiger partial charge < -0.3 is 10.6 Å². The summed E-state index contributed by atoms with van der Waals surface area (Å²) in [6, 6.07) is 7.33. The third-order valence-electron chi connectivity index (χ3n) is 3.20. The van der Waals surface area contributed by atoms with Crippen molar-refractivity contribution in [2.45, 2.75) is 19.3 Å². The molecule has 2 aromatic rings. The Kier molecular flexibility index (Phi) is 3.20. The minimum atomic E-state index is -0.128. The lowest BCUT2D eigenvalue weighted by atomic mass is 10.0. The minimum absolute atomic E-state index is 0.0124. The lowest BCUT2D eigenvalue weighted by Crippen LogP contribution is -2.20. The maximum Gasteiger partial charge on any atom is 0.230 e. The molecule has 0 radical (unpaired) electrons. The van der Waals surface area contributed by atoms with Gasteiger partial charge in [0.2, 0.25) is 11.8 Å². The summed E-state index contributed by atoms with van der Waals surface area (Å²) in [5, 5.41) is 12.2. The molecule has 3 N–H and O–H groups in total. The number of carbonyl (C=O) groups is 2. The first-order valence-electron chi connectivity index (χ1n) is 6.41. The molecule has 20 heavy (non-hydrogen) atoms. The molecule has 2 amide bonds. The fraction of sp³-hybridized carbons (Fsp3) is 0.214. The molecule has 1 aromatic heterocycles. The SMILES string of the molecule is O=C(Cc1ccn[nH]1)Nc1ccc2c(c1)NC(=O)CC2. The van der Waals surface area contributed by atoms with Crippen LogP contribution in [0.3, 0.4) is 0 Å². The van der Waals surface area contributed by atoms with Crippen molar-refractivity contribution in [3.05, 3.63) is 41.7 Å². The Balaban J connectivity index is 1.70. The highest BCUT2D eigenvalue weighted by Gasteiger charge is 2.15. The number of amides is 2. The molecule has 2 heterocycles. The van der Waals surface area contributed by atoms with Crippen LogP contribution < -0.4 is 10.6 Å². The van der Waals surface area contributed by atoms with Crippen molar-refractivity contribution < 1.29 is 9.59 Å². The van der Waals surface area contributed by atoms with Crippen LogP contribution in [-0.2, 0) is 22.4 Å². The van der Waals surface area contributed by atoms with Gasteiger partial charge in [0.25, 0.3) is 0 Å². The Morgan fingerprint density at radius 2 is 2.20 bits per heavy atom. The van der Waals surface area contributed by atoms with E-state index in [2.05, 4.69) is 20.8 Å². The van der Waals surface area contributed by atoms with Crippen LogP contribution in [0.4, 0.5) is 11.4 Å². The number of H-pyrrole nitrogens is 1. The van der Waals surface area contributed by atoms with Gasteiger partial charge in [-0.2, -0.15) is 5.10 Å². The van der Waals surface area contributed by atoms with Crippen LogP contribution in [0.15, 0.2) is 30.5 Å². The number of anilines is 2. The van der Waals surface area contributed by atoms with Gasteiger partial charge in [0, 0.05) is 29.7 Å². The van der Waals surface area contributed by atoms with E-state index in [4.69, 9.17) is 0 Å². The molecule has 102 valence electrons. The number of aromatic amines is 1. The van der Waals surface area contributed by atoms with Crippen molar-refractivity contribution in [2.24, 2.45) is 0 Å². The van der Waals surface area contributed by atoms with Crippen LogP contribution in [0.2, 0.25) is 0 Å². The molecule has 6 nitrogen and oxygen atoms in total. The second kappa shape index (κ2) is 5.16. The van der Waals surface area contributed by atoms with Crippen molar-refractivity contribution in [2.75, 3.05) is 10.6 Å². The summed E-state index contributed by atoms with van der Waals surface area (Å²) in [5.74, 6) is -0.116. The number of hydrogen-bond acceptors (Lipinski definition) is 3. The number of hydrogen-bond donors (Lipinski definition) is 3. The van der Waals surface area contributed by atoms with Crippen LogP contribution in [0.1, 0.15) is 17.7 Å². The fourth-order valence-electron chi connectivity index (χ4n) is 2.21. The van der Waals surface area contributed by atoms with Gasteiger partial charge in [0.1, 0.15) is 0 Å². The molecule has 1 aromatic carbocycles. The topological polar surface area (TPSA) is 86.9 Å². The van der Waals surface area contributed by atoms with Crippen LogP contribution in [0.5, 0.6) is 0 Å². The number of fused-ring (bicyclic) bond motifs is 1. The summed E-state index contributed by atoms with van der Waals surface area (Å²) >= 11 is 0. The molecule has 0 bridgehead atoms. The zero-order chi connectivity index (χ0) is 13.9. The fourth-order valence-corrected chi connectivity index (χ4v) is 2.21. The first-order valence-corrected chi connectivity index (χ1v) is 6.41. The van der Waals surface area contributed by atoms with Crippen LogP contribution in [-0.4, -0.2) is 22.0 Å². The van der Waals surface area contributed by atoms with Gasteiger partial charge in [-0.05, 0) is 30.2 Å². The second-order valence-electron chi connectivity index (χ2n) is 4.73. The minimum Gasteiger partial charge on any atom is -0.326 e. The molecule has 0 fully saturated rings. The lowest BCUT2D eigenvalue weighted by molar-refractivity contribution is -0.116. The monoisotopic (exact) mass is 270 g/mol. The number of rotatable bonds is 3. The average Bonchev–Trinajstić information content (AvgIpc) is 2.91. The van der Waals surface area contributed by atoms with E-state index in [1.807, 2.05) is 12.1 Å². The van der Waals surface area contributed by atoms with Gasteiger partial charge in [-0.3, -0.25) is 14.7 Å². The summed E-state index contributed by atoms with van der Waals surface area (Å²) in [4.78, 5) is 23.2. The van der Waals surface area contributed by atoms with E-state index in [-0.39, 0.29) is 18.2 Å². The molecule has 1 aliphatic heterocycles. The smallest absolute Gasteiger partial charge is 0.230 e. The van der Waals surface area contributed by atoms with Crippen molar-refractivity contribution in [3.8, 4) is 0 Å². The number of aromatic nitrogens is 2. The number of nitrogens with zero attached hydrogens (tertiary/aromatic N) is 1. The van der Waals surface area contributed by atoms with Gasteiger partial charge in [-0.25, -0.2) is 0 Å². The molecular weight excluding hydrogens is 256 g/mol. The third kappa shape index (κ3) is 2.69. The zero-order valence-corrected chi connectivity index (χ0v) is 10.8. The maximum absolute atomic E-state index is 11.9. The maximum atomic E-state index is 11.9. The Bertz CT molecular complexity index is 649. The number of aryl methyl sites for hydroxylation is 1. The Hall–Kier alpha value is -2.63. The lowest BCUT2D eigenvalue weighted by Gasteiger charge is -2.17. The highest BCUT2D eigenvalue weighted by atomic mass is 16.2. The average molecular weight is 270 g/mol. The molecule has 0 spiro atoms. The summed E-state index contributed by atoms with van der Waals surface area (Å²) in [5.41, 5.74) is 3.31. The molecule has 6 heteroatoms. The zero-order valence-electron chi connectivity index (χ0n) is 10.8. The van der Waals surface area contributed by atoms with Crippen LogP contribution >= 0.6 is 0 Å². The third-order valence-corrected chi connectivity index (χ3v) is 3.20. The summed E-state index contributed by atoms with van der Waals surface area (Å²) in [7, 11) is 0. The van der Waals surface area contributed by atoms with Gasteiger partial charge in [-0.15, -0.1) is 0 Å². The molecule has 1 aliphatic rings. The number of benzene rings is 1. The Labute approximate surface area is 115 Å². The molecule has 0 saturated heterocycles. The molecule has 0 atom stereocenters. The van der Waals surface area contributed by atoms with E-state index in [0.29, 0.717) is 12.1 Å². The molecule has 0 aliphatic carbocycles. The molecule has 0 unspecified atom stereocenters. The van der Waals surface area contributed by atoms with Crippen LogP contribution in [0, 0.1) is 0 Å². The number of carbonyl (C=O) groups excluding carboxylic acids is 2. The van der Waals surface area contributed by atoms with Crippen molar-refractivity contribution in [1.29, 1.82) is 0 Å². The van der Waals surface area contributed by atoms with Crippen LogP contribution in [0.25, 0.3) is 0 Å². The molecule has 3 rings (SSSR count). The first kappa shape index (κ1) is 12.4. The summed E-state index contributed by atoms with van der Waals surface area (Å²) in [6.45, 7) is 0. The van der Waals surface area contributed by atoms with E-state index in [1.54, 1.807) is 18.3 Å². The van der Waals surface area contributed by atoms with Gasteiger partial charge in [0.05, 0.1) is 6.42 Å². The predicted molar refractivity (Wildman–Crippen MR) is 74.3 cm³/mol. The molecular formula is C14H14N4O2. The second-order valence-corrected chi connectivity index (χ2v) is 4.73. The molecule has 0 saturated carbocycles. The number of nitrogens with one attached hydrogen (secondary N) is 3. The highest BCUT2D eigenvalue weighted by molar-refractivity contribution is 5.96.